The Kier molecular flexibility index (Phi) is 6.23. The fraction of sp³-hybridized carbons (Fsp3) is 1.00. The Morgan fingerprint density at radius 1 is 1.54 bits per heavy atom. The van der Waals surface area contributed by atoms with Gasteiger partial charge in [0.15, 0.2) is 0 Å². The Bertz CT molecular complexity index is 212. The highest BCUT2D eigenvalue weighted by molar-refractivity contribution is 7.89. The zero-order valence-corrected chi connectivity index (χ0v) is 8.93. The van der Waals surface area contributed by atoms with Crippen LogP contribution in [-0.4, -0.2) is 40.5 Å². The van der Waals surface area contributed by atoms with Gasteiger partial charge in [0, 0.05) is 19.7 Å². The lowest BCUT2D eigenvalue weighted by molar-refractivity contribution is 0.216. The summed E-state index contributed by atoms with van der Waals surface area (Å²) in [5, 5.41) is 0. The van der Waals surface area contributed by atoms with Crippen LogP contribution in [-0.2, 0) is 14.8 Å². The van der Waals surface area contributed by atoms with E-state index in [2.05, 4.69) is 9.46 Å². The van der Waals surface area contributed by atoms with Gasteiger partial charge in [-0.2, -0.15) is 0 Å². The Labute approximate surface area is 79.7 Å². The van der Waals surface area contributed by atoms with Crippen LogP contribution >= 0.6 is 0 Å². The smallest absolute Gasteiger partial charge is 0.214 e. The highest BCUT2D eigenvalue weighted by Crippen LogP contribution is 1.93. The van der Waals surface area contributed by atoms with E-state index in [4.69, 9.17) is 5.73 Å². The predicted molar refractivity (Wildman–Crippen MR) is 51.9 cm³/mol. The van der Waals surface area contributed by atoms with Crippen LogP contribution < -0.4 is 10.5 Å². The van der Waals surface area contributed by atoms with Crippen molar-refractivity contribution in [2.45, 2.75) is 19.4 Å². The van der Waals surface area contributed by atoms with Crippen LogP contribution in [0.3, 0.4) is 0 Å². The second-order valence-corrected chi connectivity index (χ2v) is 4.64. The van der Waals surface area contributed by atoms with Gasteiger partial charge < -0.3 is 10.5 Å². The van der Waals surface area contributed by atoms with Crippen molar-refractivity contribution in [2.75, 3.05) is 26.0 Å². The molecule has 0 rings (SSSR count). The van der Waals surface area contributed by atoms with E-state index < -0.39 is 10.0 Å². The minimum absolute atomic E-state index is 0.0139. The lowest BCUT2D eigenvalue weighted by Crippen LogP contribution is -2.41. The fourth-order valence-electron chi connectivity index (χ4n) is 0.804. The van der Waals surface area contributed by atoms with E-state index in [1.807, 2.05) is 6.92 Å². The zero-order valence-electron chi connectivity index (χ0n) is 8.12. The number of nitrogens with two attached hydrogens (primary N) is 1. The molecule has 0 bridgehead atoms. The van der Waals surface area contributed by atoms with Crippen molar-refractivity contribution in [2.24, 2.45) is 5.73 Å². The van der Waals surface area contributed by atoms with Gasteiger partial charge in [0.25, 0.3) is 0 Å². The Hall–Kier alpha value is -0.170. The highest BCUT2D eigenvalue weighted by Gasteiger charge is 2.14. The molecule has 1 atom stereocenters. The number of ether oxygens (including phenoxy) is 1. The Morgan fingerprint density at radius 2 is 2.15 bits per heavy atom. The van der Waals surface area contributed by atoms with Gasteiger partial charge in [-0.15, -0.1) is 0 Å². The average Bonchev–Trinajstić information content (AvgIpc) is 2.11. The molecule has 0 aliphatic carbocycles. The maximum absolute atomic E-state index is 11.3. The van der Waals surface area contributed by atoms with Gasteiger partial charge in [0.05, 0.1) is 12.4 Å². The van der Waals surface area contributed by atoms with Crippen LogP contribution in [0.4, 0.5) is 0 Å². The first-order valence-corrected chi connectivity index (χ1v) is 5.90. The van der Waals surface area contributed by atoms with Crippen LogP contribution in [0.5, 0.6) is 0 Å². The second kappa shape index (κ2) is 6.31. The molecule has 1 unspecified atom stereocenters. The third-order valence-corrected chi connectivity index (χ3v) is 3.08. The van der Waals surface area contributed by atoms with Gasteiger partial charge in [-0.1, -0.05) is 6.92 Å². The van der Waals surface area contributed by atoms with Crippen molar-refractivity contribution in [3.63, 3.8) is 0 Å². The molecule has 0 aromatic carbocycles. The summed E-state index contributed by atoms with van der Waals surface area (Å²) in [7, 11) is -1.75. The number of methoxy groups -OCH3 is 1. The van der Waals surface area contributed by atoms with Crippen molar-refractivity contribution >= 4 is 10.0 Å². The monoisotopic (exact) mass is 210 g/mol. The van der Waals surface area contributed by atoms with Gasteiger partial charge >= 0.3 is 0 Å². The quantitative estimate of drug-likeness (QED) is 0.581. The molecule has 0 fully saturated rings. The molecule has 0 aromatic heterocycles. The van der Waals surface area contributed by atoms with E-state index in [1.165, 1.54) is 7.11 Å². The van der Waals surface area contributed by atoms with Crippen LogP contribution in [0.25, 0.3) is 0 Å². The molecule has 80 valence electrons. The van der Waals surface area contributed by atoms with E-state index in [0.29, 0.717) is 13.0 Å². The van der Waals surface area contributed by atoms with Crippen LogP contribution in [0.15, 0.2) is 0 Å². The summed E-state index contributed by atoms with van der Waals surface area (Å²) in [5.41, 5.74) is 5.36. The van der Waals surface area contributed by atoms with Gasteiger partial charge in [-0.3, -0.25) is 0 Å². The summed E-state index contributed by atoms with van der Waals surface area (Å²) in [6, 6.07) is -0.165. The van der Waals surface area contributed by atoms with Gasteiger partial charge in [-0.05, 0) is 6.42 Å². The molecule has 0 aromatic rings. The Balaban J connectivity index is 4.00. The van der Waals surface area contributed by atoms with E-state index in [1.54, 1.807) is 0 Å². The van der Waals surface area contributed by atoms with Gasteiger partial charge in [0.2, 0.25) is 10.0 Å². The van der Waals surface area contributed by atoms with E-state index in [-0.39, 0.29) is 18.4 Å². The van der Waals surface area contributed by atoms with E-state index >= 15 is 0 Å². The van der Waals surface area contributed by atoms with Crippen molar-refractivity contribution in [3.05, 3.63) is 0 Å². The van der Waals surface area contributed by atoms with Crippen molar-refractivity contribution in [1.82, 2.24) is 4.72 Å². The molecular weight excluding hydrogens is 192 g/mol. The van der Waals surface area contributed by atoms with Gasteiger partial charge in [0.1, 0.15) is 0 Å². The maximum Gasteiger partial charge on any atom is 0.214 e. The van der Waals surface area contributed by atoms with Crippen LogP contribution in [0.1, 0.15) is 13.3 Å². The summed E-state index contributed by atoms with van der Waals surface area (Å²) in [6.45, 7) is 2.41. The number of sulfonamides is 1. The summed E-state index contributed by atoms with van der Waals surface area (Å²) >= 11 is 0. The Morgan fingerprint density at radius 3 is 2.54 bits per heavy atom. The summed E-state index contributed by atoms with van der Waals surface area (Å²) in [4.78, 5) is 0. The molecule has 13 heavy (non-hydrogen) atoms. The summed E-state index contributed by atoms with van der Waals surface area (Å²) in [6.07, 6.45) is 0.697. The normalized spacial score (nSPS) is 14.4. The molecule has 0 aliphatic rings. The third kappa shape index (κ3) is 5.98. The molecule has 0 spiro atoms. The predicted octanol–water partition coefficient (Wildman–Crippen LogP) is -0.710. The van der Waals surface area contributed by atoms with Gasteiger partial charge in [-0.25, -0.2) is 13.1 Å². The SMILES string of the molecule is CCC(CN)NS(=O)(=O)CCOC. The van der Waals surface area contributed by atoms with E-state index in [0.717, 1.165) is 0 Å². The molecule has 5 nitrogen and oxygen atoms in total. The average molecular weight is 210 g/mol. The van der Waals surface area contributed by atoms with Crippen molar-refractivity contribution in [1.29, 1.82) is 0 Å². The highest BCUT2D eigenvalue weighted by atomic mass is 32.2. The third-order valence-electron chi connectivity index (χ3n) is 1.68. The topological polar surface area (TPSA) is 81.4 Å². The lowest BCUT2D eigenvalue weighted by Gasteiger charge is -2.14. The number of rotatable bonds is 7. The fourth-order valence-corrected chi connectivity index (χ4v) is 2.08. The number of hydrogen-bond acceptors (Lipinski definition) is 4. The number of hydrogen-bond donors (Lipinski definition) is 2. The minimum atomic E-state index is -3.22. The molecule has 0 saturated carbocycles. The van der Waals surface area contributed by atoms with Crippen LogP contribution in [0, 0.1) is 0 Å². The molecule has 0 radical (unpaired) electrons. The maximum atomic E-state index is 11.3. The molecule has 0 saturated heterocycles. The molecule has 3 N–H and O–H groups in total. The van der Waals surface area contributed by atoms with E-state index in [9.17, 15) is 8.42 Å². The molecule has 6 heteroatoms. The molecule has 0 heterocycles. The van der Waals surface area contributed by atoms with Crippen molar-refractivity contribution in [3.8, 4) is 0 Å². The first-order valence-electron chi connectivity index (χ1n) is 4.24. The largest absolute Gasteiger partial charge is 0.384 e. The lowest BCUT2D eigenvalue weighted by atomic mass is 10.2. The first kappa shape index (κ1) is 12.8. The van der Waals surface area contributed by atoms with Crippen LogP contribution in [0.2, 0.25) is 0 Å². The van der Waals surface area contributed by atoms with Crippen molar-refractivity contribution < 1.29 is 13.2 Å². The standard InChI is InChI=1S/C7H18N2O3S/c1-3-7(6-8)9-13(10,11)5-4-12-2/h7,9H,3-6,8H2,1-2H3. The summed E-state index contributed by atoms with van der Waals surface area (Å²) < 4.78 is 29.7. The molecular formula is C7H18N2O3S. The first-order chi connectivity index (χ1) is 6.05. The summed E-state index contributed by atoms with van der Waals surface area (Å²) in [5.74, 6) is -0.0139. The molecule has 0 aliphatic heterocycles. The molecule has 0 amide bonds. The zero-order chi connectivity index (χ0) is 10.3. The number of nitrogens with one attached hydrogen (secondary N) is 1. The minimum Gasteiger partial charge on any atom is -0.384 e. The second-order valence-electron chi connectivity index (χ2n) is 2.77.